The van der Waals surface area contributed by atoms with Gasteiger partial charge in [0.1, 0.15) is 5.56 Å². The van der Waals surface area contributed by atoms with Gasteiger partial charge in [-0.2, -0.15) is 0 Å². The smallest absolute Gasteiger partial charge is 0.331 e. The highest BCUT2D eigenvalue weighted by Gasteiger charge is 2.26. The minimum Gasteiger partial charge on any atom is -0.365 e. The molecule has 9 heteroatoms. The van der Waals surface area contributed by atoms with Gasteiger partial charge < -0.3 is 5.73 Å². The Hall–Kier alpha value is -2.58. The lowest BCUT2D eigenvalue weighted by atomic mass is 9.93. The van der Waals surface area contributed by atoms with Gasteiger partial charge in [0.2, 0.25) is 0 Å². The third kappa shape index (κ3) is 2.29. The molecular weight excluding hydrogens is 264 g/mol. The third-order valence-electron chi connectivity index (χ3n) is 3.35. The molecule has 1 amide bonds. The Morgan fingerprint density at radius 2 is 2.10 bits per heavy atom. The number of aromatic nitrogens is 2. The fourth-order valence-corrected chi connectivity index (χ4v) is 2.07. The molecule has 1 saturated carbocycles. The highest BCUT2D eigenvalue weighted by Crippen LogP contribution is 2.28. The zero-order chi connectivity index (χ0) is 14.9. The van der Waals surface area contributed by atoms with Crippen molar-refractivity contribution >= 4 is 11.7 Å². The van der Waals surface area contributed by atoms with Gasteiger partial charge in [0.15, 0.2) is 5.84 Å². The zero-order valence-corrected chi connectivity index (χ0v) is 10.6. The third-order valence-corrected chi connectivity index (χ3v) is 3.35. The van der Waals surface area contributed by atoms with E-state index in [0.717, 1.165) is 21.8 Å². The number of primary amides is 1. The lowest BCUT2D eigenvalue weighted by molar-refractivity contribution is 0.0996. The fourth-order valence-electron chi connectivity index (χ4n) is 2.07. The quantitative estimate of drug-likeness (QED) is 0.399. The molecule has 0 aromatic carbocycles. The summed E-state index contributed by atoms with van der Waals surface area (Å²) in [6, 6.07) is -0.234. The van der Waals surface area contributed by atoms with Gasteiger partial charge in [0.25, 0.3) is 11.5 Å². The first-order valence-corrected chi connectivity index (χ1v) is 6.06. The molecule has 9 nitrogen and oxygen atoms in total. The molecule has 1 aromatic heterocycles. The van der Waals surface area contributed by atoms with Crippen molar-refractivity contribution in [3.8, 4) is 0 Å². The van der Waals surface area contributed by atoms with E-state index in [4.69, 9.17) is 16.7 Å². The predicted molar refractivity (Wildman–Crippen MR) is 69.2 cm³/mol. The van der Waals surface area contributed by atoms with Crippen molar-refractivity contribution in [3.63, 3.8) is 0 Å². The SMILES string of the molecule is N=NC(=N)Cn1cc(C(N)=O)c(=O)n(C2CCC2)c1=O. The van der Waals surface area contributed by atoms with Gasteiger partial charge in [-0.25, -0.2) is 10.3 Å². The van der Waals surface area contributed by atoms with Gasteiger partial charge in [-0.1, -0.05) is 0 Å². The van der Waals surface area contributed by atoms with Crippen LogP contribution in [0.2, 0.25) is 0 Å². The van der Waals surface area contributed by atoms with Gasteiger partial charge in [0.05, 0.1) is 6.54 Å². The Balaban J connectivity index is 2.63. The van der Waals surface area contributed by atoms with Gasteiger partial charge in [-0.3, -0.25) is 24.1 Å². The van der Waals surface area contributed by atoms with E-state index in [1.807, 2.05) is 0 Å². The highest BCUT2D eigenvalue weighted by molar-refractivity contribution is 5.92. The summed E-state index contributed by atoms with van der Waals surface area (Å²) in [6.07, 6.45) is 3.33. The number of nitrogens with one attached hydrogen (secondary N) is 2. The highest BCUT2D eigenvalue weighted by atomic mass is 16.2. The van der Waals surface area contributed by atoms with E-state index < -0.39 is 17.2 Å². The summed E-state index contributed by atoms with van der Waals surface area (Å²) in [4.78, 5) is 35.6. The summed E-state index contributed by atoms with van der Waals surface area (Å²) >= 11 is 0. The van der Waals surface area contributed by atoms with Crippen LogP contribution in [-0.2, 0) is 6.54 Å². The van der Waals surface area contributed by atoms with Crippen LogP contribution in [-0.4, -0.2) is 20.9 Å². The summed E-state index contributed by atoms with van der Waals surface area (Å²) in [5.74, 6) is -1.28. The van der Waals surface area contributed by atoms with Crippen molar-refractivity contribution in [1.29, 1.82) is 10.9 Å². The first-order valence-electron chi connectivity index (χ1n) is 6.06. The van der Waals surface area contributed by atoms with Crippen molar-refractivity contribution in [2.45, 2.75) is 31.8 Å². The van der Waals surface area contributed by atoms with E-state index in [1.165, 1.54) is 0 Å². The molecule has 4 N–H and O–H groups in total. The average molecular weight is 278 g/mol. The normalized spacial score (nSPS) is 14.6. The van der Waals surface area contributed by atoms with Gasteiger partial charge in [0, 0.05) is 12.2 Å². The van der Waals surface area contributed by atoms with Crippen LogP contribution in [0.1, 0.15) is 35.7 Å². The summed E-state index contributed by atoms with van der Waals surface area (Å²) in [6.45, 7) is -0.282. The van der Waals surface area contributed by atoms with Crippen LogP contribution >= 0.6 is 0 Å². The summed E-state index contributed by atoms with van der Waals surface area (Å²) in [5, 5.41) is 10.2. The molecule has 1 aromatic rings. The molecule has 0 saturated heterocycles. The molecule has 0 spiro atoms. The standard InChI is InChI=1S/C11H14N6O3/c12-8(15-14)5-16-4-7(9(13)18)10(19)17(11(16)20)6-2-1-3-6/h4,6,12,14H,1-3,5H2,(H2,13,18). The molecule has 20 heavy (non-hydrogen) atoms. The summed E-state index contributed by atoms with van der Waals surface area (Å²) < 4.78 is 2.03. The molecule has 1 fully saturated rings. The summed E-state index contributed by atoms with van der Waals surface area (Å²) in [7, 11) is 0. The van der Waals surface area contributed by atoms with Crippen molar-refractivity contribution in [3.05, 3.63) is 32.6 Å². The molecule has 0 aliphatic heterocycles. The Kier molecular flexibility index (Phi) is 3.59. The lowest BCUT2D eigenvalue weighted by Gasteiger charge is -2.27. The predicted octanol–water partition coefficient (Wildman–Crippen LogP) is -0.158. The Morgan fingerprint density at radius 1 is 1.45 bits per heavy atom. The molecule has 1 aliphatic carbocycles. The monoisotopic (exact) mass is 278 g/mol. The van der Waals surface area contributed by atoms with E-state index in [0.29, 0.717) is 12.8 Å². The van der Waals surface area contributed by atoms with Crippen LogP contribution in [0.4, 0.5) is 0 Å². The maximum Gasteiger partial charge on any atom is 0.331 e. The number of amidine groups is 1. The topological polar surface area (TPSA) is 147 Å². The number of rotatable bonds is 4. The number of hydrogen-bond acceptors (Lipinski definition) is 5. The number of carbonyl (C=O) groups is 1. The molecule has 2 rings (SSSR count). The minimum atomic E-state index is -0.925. The zero-order valence-electron chi connectivity index (χ0n) is 10.6. The number of carbonyl (C=O) groups excluding carboxylic acids is 1. The molecule has 0 radical (unpaired) electrons. The summed E-state index contributed by atoms with van der Waals surface area (Å²) in [5.41, 5.74) is 10.3. The van der Waals surface area contributed by atoms with Crippen molar-refractivity contribution in [1.82, 2.24) is 9.13 Å². The van der Waals surface area contributed by atoms with Gasteiger partial charge in [-0.15, -0.1) is 5.11 Å². The van der Waals surface area contributed by atoms with Crippen LogP contribution in [0.15, 0.2) is 20.9 Å². The molecule has 106 valence electrons. The van der Waals surface area contributed by atoms with Crippen molar-refractivity contribution in [2.75, 3.05) is 0 Å². The lowest BCUT2D eigenvalue weighted by Crippen LogP contribution is -2.47. The van der Waals surface area contributed by atoms with Crippen LogP contribution in [0, 0.1) is 10.9 Å². The minimum absolute atomic E-state index is 0.234. The molecule has 0 bridgehead atoms. The maximum absolute atomic E-state index is 12.2. The van der Waals surface area contributed by atoms with E-state index in [9.17, 15) is 14.4 Å². The Morgan fingerprint density at radius 3 is 2.55 bits per heavy atom. The van der Waals surface area contributed by atoms with E-state index in [2.05, 4.69) is 5.11 Å². The second-order valence-electron chi connectivity index (χ2n) is 4.64. The van der Waals surface area contributed by atoms with Gasteiger partial charge in [-0.05, 0) is 19.3 Å². The van der Waals surface area contributed by atoms with Crippen molar-refractivity contribution < 1.29 is 4.79 Å². The molecular formula is C11H14N6O3. The average Bonchev–Trinajstić information content (AvgIpc) is 2.34. The van der Waals surface area contributed by atoms with Crippen LogP contribution in [0.5, 0.6) is 0 Å². The second kappa shape index (κ2) is 5.19. The molecule has 1 aliphatic rings. The van der Waals surface area contributed by atoms with Crippen molar-refractivity contribution in [2.24, 2.45) is 10.8 Å². The largest absolute Gasteiger partial charge is 0.365 e. The number of amides is 1. The molecule has 0 atom stereocenters. The Bertz CT molecular complexity index is 697. The fraction of sp³-hybridized carbons (Fsp3) is 0.455. The first-order chi connectivity index (χ1) is 9.45. The van der Waals surface area contributed by atoms with Crippen LogP contribution in [0.25, 0.3) is 0 Å². The first kappa shape index (κ1) is 13.8. The maximum atomic E-state index is 12.2. The Labute approximate surface area is 113 Å². The van der Waals surface area contributed by atoms with E-state index in [-0.39, 0.29) is 24.0 Å². The molecule has 0 unspecified atom stereocenters. The second-order valence-corrected chi connectivity index (χ2v) is 4.64. The van der Waals surface area contributed by atoms with E-state index in [1.54, 1.807) is 0 Å². The number of hydrogen-bond donors (Lipinski definition) is 3. The number of nitrogens with zero attached hydrogens (tertiary/aromatic N) is 3. The van der Waals surface area contributed by atoms with E-state index >= 15 is 0 Å². The number of nitrogens with two attached hydrogens (primary N) is 1. The van der Waals surface area contributed by atoms with Gasteiger partial charge >= 0.3 is 5.69 Å². The molecule has 1 heterocycles. The van der Waals surface area contributed by atoms with Crippen LogP contribution < -0.4 is 17.0 Å². The van der Waals surface area contributed by atoms with Crippen LogP contribution in [0.3, 0.4) is 0 Å².